The van der Waals surface area contributed by atoms with Crippen molar-refractivity contribution in [2.24, 2.45) is 5.41 Å². The van der Waals surface area contributed by atoms with Crippen LogP contribution in [0, 0.1) is 5.41 Å². The van der Waals surface area contributed by atoms with E-state index >= 15 is 0 Å². The van der Waals surface area contributed by atoms with E-state index in [1.165, 1.54) is 5.57 Å². The first kappa shape index (κ1) is 22.9. The molecule has 0 bridgehead atoms. The molecule has 2 rings (SSSR count). The molecule has 0 heterocycles. The van der Waals surface area contributed by atoms with E-state index in [9.17, 15) is 9.59 Å². The lowest BCUT2D eigenvalue weighted by atomic mass is 9.54. The molecule has 2 atom stereocenters. The van der Waals surface area contributed by atoms with Crippen molar-refractivity contribution in [1.29, 1.82) is 0 Å². The van der Waals surface area contributed by atoms with Crippen LogP contribution in [-0.4, -0.2) is 12.9 Å². The number of hydrogen-bond acceptors (Lipinski definition) is 4. The number of allylic oxidation sites excluding steroid dienone is 3. The van der Waals surface area contributed by atoms with Gasteiger partial charge in [0.2, 0.25) is 0 Å². The van der Waals surface area contributed by atoms with Crippen molar-refractivity contribution in [3.63, 3.8) is 0 Å². The quantitative estimate of drug-likeness (QED) is 0.273. The van der Waals surface area contributed by atoms with E-state index in [4.69, 9.17) is 9.47 Å². The topological polar surface area (TPSA) is 52.6 Å². The Hall–Kier alpha value is -2.36. The second-order valence-electron chi connectivity index (χ2n) is 8.66. The lowest BCUT2D eigenvalue weighted by Gasteiger charge is -2.50. The highest BCUT2D eigenvalue weighted by atomic mass is 16.5. The minimum absolute atomic E-state index is 0.280. The lowest BCUT2D eigenvalue weighted by molar-refractivity contribution is -0.121. The predicted molar refractivity (Wildman–Crippen MR) is 116 cm³/mol. The van der Waals surface area contributed by atoms with Gasteiger partial charge in [0.25, 0.3) is 12.9 Å². The number of carbonyl (C=O) groups is 2. The van der Waals surface area contributed by atoms with Crippen LogP contribution in [0.3, 0.4) is 0 Å². The standard InChI is InChI=1S/C25H34O4/c1-7-8-9-10-20-13-21(28-16-26)23(22(14-20)29-17-27)25(6)15-19(4)11-12-24(25,5)18(2)3/h13-17H,2,7-12H2,1,3-6H3. The van der Waals surface area contributed by atoms with E-state index in [0.29, 0.717) is 24.4 Å². The van der Waals surface area contributed by atoms with E-state index in [1.807, 2.05) is 19.1 Å². The van der Waals surface area contributed by atoms with Crippen LogP contribution in [0.4, 0.5) is 0 Å². The maximum Gasteiger partial charge on any atom is 0.298 e. The first-order chi connectivity index (χ1) is 13.7. The summed E-state index contributed by atoms with van der Waals surface area (Å²) in [6.07, 6.45) is 8.20. The first-order valence-electron chi connectivity index (χ1n) is 10.5. The molecular formula is C25H34O4. The molecule has 1 aromatic rings. The second-order valence-corrected chi connectivity index (χ2v) is 8.66. The number of unbranched alkanes of at least 4 members (excludes halogenated alkanes) is 2. The fourth-order valence-corrected chi connectivity index (χ4v) is 4.60. The Bertz CT molecular complexity index is 776. The molecular weight excluding hydrogens is 364 g/mol. The monoisotopic (exact) mass is 398 g/mol. The molecule has 0 fully saturated rings. The highest BCUT2D eigenvalue weighted by Crippen LogP contribution is 2.58. The van der Waals surface area contributed by atoms with E-state index in [2.05, 4.69) is 40.3 Å². The zero-order valence-corrected chi connectivity index (χ0v) is 18.5. The summed E-state index contributed by atoms with van der Waals surface area (Å²) in [4.78, 5) is 22.7. The summed E-state index contributed by atoms with van der Waals surface area (Å²) < 4.78 is 10.9. The Morgan fingerprint density at radius 1 is 1.14 bits per heavy atom. The fourth-order valence-electron chi connectivity index (χ4n) is 4.60. The Morgan fingerprint density at radius 2 is 1.72 bits per heavy atom. The smallest absolute Gasteiger partial charge is 0.298 e. The van der Waals surface area contributed by atoms with E-state index in [0.717, 1.165) is 55.2 Å². The Balaban J connectivity index is 2.75. The van der Waals surface area contributed by atoms with Crippen molar-refractivity contribution >= 4 is 12.9 Å². The van der Waals surface area contributed by atoms with Crippen LogP contribution in [0.2, 0.25) is 0 Å². The summed E-state index contributed by atoms with van der Waals surface area (Å²) in [5.74, 6) is 0.901. The zero-order valence-electron chi connectivity index (χ0n) is 18.5. The molecule has 1 aliphatic rings. The largest absolute Gasteiger partial charge is 0.428 e. The van der Waals surface area contributed by atoms with Gasteiger partial charge in [-0.1, -0.05) is 57.4 Å². The van der Waals surface area contributed by atoms with E-state index in [1.54, 1.807) is 0 Å². The maximum absolute atomic E-state index is 11.3. The molecule has 1 aromatic carbocycles. The van der Waals surface area contributed by atoms with Gasteiger partial charge < -0.3 is 9.47 Å². The van der Waals surface area contributed by atoms with Gasteiger partial charge in [-0.15, -0.1) is 0 Å². The zero-order chi connectivity index (χ0) is 21.7. The van der Waals surface area contributed by atoms with Crippen molar-refractivity contribution in [1.82, 2.24) is 0 Å². The van der Waals surface area contributed by atoms with Crippen LogP contribution in [-0.2, 0) is 21.4 Å². The van der Waals surface area contributed by atoms with Gasteiger partial charge in [-0.25, -0.2) is 0 Å². The van der Waals surface area contributed by atoms with Crippen molar-refractivity contribution in [3.8, 4) is 11.5 Å². The van der Waals surface area contributed by atoms with Crippen LogP contribution in [0.15, 0.2) is 35.9 Å². The van der Waals surface area contributed by atoms with Gasteiger partial charge in [-0.2, -0.15) is 0 Å². The number of carbonyl (C=O) groups excluding carboxylic acids is 2. The number of aryl methyl sites for hydroxylation is 1. The Labute approximate surface area is 175 Å². The normalized spacial score (nSPS) is 23.8. The molecule has 0 spiro atoms. The third-order valence-electron chi connectivity index (χ3n) is 6.71. The third-order valence-corrected chi connectivity index (χ3v) is 6.71. The van der Waals surface area contributed by atoms with E-state index in [-0.39, 0.29) is 5.41 Å². The first-order valence-corrected chi connectivity index (χ1v) is 10.5. The molecule has 0 saturated carbocycles. The number of rotatable bonds is 10. The molecule has 0 N–H and O–H groups in total. The average Bonchev–Trinajstić information content (AvgIpc) is 2.65. The molecule has 2 unspecified atom stereocenters. The minimum Gasteiger partial charge on any atom is -0.428 e. The van der Waals surface area contributed by atoms with Crippen molar-refractivity contribution in [3.05, 3.63) is 47.1 Å². The van der Waals surface area contributed by atoms with Gasteiger partial charge >= 0.3 is 0 Å². The molecule has 0 amide bonds. The van der Waals surface area contributed by atoms with Gasteiger partial charge in [0, 0.05) is 16.4 Å². The van der Waals surface area contributed by atoms with Crippen LogP contribution >= 0.6 is 0 Å². The summed E-state index contributed by atoms with van der Waals surface area (Å²) in [5, 5.41) is 0. The third kappa shape index (κ3) is 4.47. The molecule has 0 radical (unpaired) electrons. The molecule has 158 valence electrons. The molecule has 4 nitrogen and oxygen atoms in total. The highest BCUT2D eigenvalue weighted by Gasteiger charge is 2.49. The van der Waals surface area contributed by atoms with Gasteiger partial charge in [0.15, 0.2) is 0 Å². The SMILES string of the molecule is C=C(C)C1(C)CCC(C)=CC1(C)c1c(OC=O)cc(CCCCC)cc1OC=O. The summed E-state index contributed by atoms with van der Waals surface area (Å²) in [6.45, 7) is 15.8. The van der Waals surface area contributed by atoms with Crippen LogP contribution in [0.5, 0.6) is 11.5 Å². The molecule has 0 aliphatic heterocycles. The second kappa shape index (κ2) is 9.43. The molecule has 29 heavy (non-hydrogen) atoms. The van der Waals surface area contributed by atoms with Crippen LogP contribution < -0.4 is 9.47 Å². The maximum atomic E-state index is 11.3. The summed E-state index contributed by atoms with van der Waals surface area (Å²) in [5.41, 5.74) is 3.20. The van der Waals surface area contributed by atoms with Crippen molar-refractivity contribution < 1.29 is 19.1 Å². The van der Waals surface area contributed by atoms with Crippen molar-refractivity contribution in [2.45, 2.75) is 78.6 Å². The van der Waals surface area contributed by atoms with Crippen LogP contribution in [0.25, 0.3) is 0 Å². The van der Waals surface area contributed by atoms with Crippen LogP contribution in [0.1, 0.15) is 77.8 Å². The minimum atomic E-state index is -0.542. The molecule has 0 aromatic heterocycles. The lowest BCUT2D eigenvalue weighted by Crippen LogP contribution is -2.43. The summed E-state index contributed by atoms with van der Waals surface area (Å²) >= 11 is 0. The van der Waals surface area contributed by atoms with E-state index < -0.39 is 5.41 Å². The van der Waals surface area contributed by atoms with Gasteiger partial charge in [-0.3, -0.25) is 9.59 Å². The van der Waals surface area contributed by atoms with Crippen molar-refractivity contribution in [2.75, 3.05) is 0 Å². The van der Waals surface area contributed by atoms with Gasteiger partial charge in [0.05, 0.1) is 0 Å². The molecule has 0 saturated heterocycles. The highest BCUT2D eigenvalue weighted by molar-refractivity contribution is 5.63. The summed E-state index contributed by atoms with van der Waals surface area (Å²) in [6, 6.07) is 3.83. The number of hydrogen-bond donors (Lipinski definition) is 0. The molecule has 1 aliphatic carbocycles. The Morgan fingerprint density at radius 3 is 2.21 bits per heavy atom. The summed E-state index contributed by atoms with van der Waals surface area (Å²) in [7, 11) is 0. The van der Waals surface area contributed by atoms with Gasteiger partial charge in [0.1, 0.15) is 11.5 Å². The average molecular weight is 399 g/mol. The predicted octanol–water partition coefficient (Wildman–Crippen LogP) is 6.07. The van der Waals surface area contributed by atoms with Gasteiger partial charge in [-0.05, 0) is 57.2 Å². The fraction of sp³-hybridized carbons (Fsp3) is 0.520. The number of ether oxygens (including phenoxy) is 2. The number of benzene rings is 1. The molecule has 4 heteroatoms. The Kier molecular flexibility index (Phi) is 7.45.